The molecule has 0 amide bonds. The fourth-order valence-corrected chi connectivity index (χ4v) is 2.76. The van der Waals surface area contributed by atoms with Crippen LogP contribution in [0.15, 0.2) is 15.1 Å². The van der Waals surface area contributed by atoms with Gasteiger partial charge in [0.25, 0.3) is 0 Å². The van der Waals surface area contributed by atoms with Crippen molar-refractivity contribution in [1.29, 1.82) is 0 Å². The van der Waals surface area contributed by atoms with E-state index in [0.717, 1.165) is 68.7 Å². The molecule has 2 aromatic heterocycles. The van der Waals surface area contributed by atoms with Gasteiger partial charge in [0.1, 0.15) is 5.76 Å². The number of aryl methyl sites for hydroxylation is 2. The van der Waals surface area contributed by atoms with E-state index in [9.17, 15) is 0 Å². The molecule has 6 heteroatoms. The summed E-state index contributed by atoms with van der Waals surface area (Å²) in [7, 11) is 0. The van der Waals surface area contributed by atoms with E-state index >= 15 is 0 Å². The first-order valence-corrected chi connectivity index (χ1v) is 7.76. The molecule has 1 aliphatic heterocycles. The number of hydrogen-bond acceptors (Lipinski definition) is 6. The Labute approximate surface area is 124 Å². The van der Waals surface area contributed by atoms with Crippen LogP contribution < -0.4 is 0 Å². The van der Waals surface area contributed by atoms with Crippen molar-refractivity contribution in [2.45, 2.75) is 52.0 Å². The molecule has 1 atom stereocenters. The second-order valence-electron chi connectivity index (χ2n) is 5.55. The van der Waals surface area contributed by atoms with Crippen molar-refractivity contribution < 1.29 is 8.94 Å². The molecule has 1 fully saturated rings. The van der Waals surface area contributed by atoms with Gasteiger partial charge in [-0.3, -0.25) is 4.90 Å². The van der Waals surface area contributed by atoms with Gasteiger partial charge in [-0.2, -0.15) is 4.98 Å². The first kappa shape index (κ1) is 14.3. The van der Waals surface area contributed by atoms with Crippen LogP contribution in [0, 0.1) is 0 Å². The molecule has 0 saturated carbocycles. The average molecular weight is 290 g/mol. The van der Waals surface area contributed by atoms with E-state index in [1.165, 1.54) is 0 Å². The minimum Gasteiger partial charge on any atom is -0.444 e. The van der Waals surface area contributed by atoms with E-state index in [0.29, 0.717) is 5.92 Å². The summed E-state index contributed by atoms with van der Waals surface area (Å²) in [5.41, 5.74) is 0. The first-order valence-electron chi connectivity index (χ1n) is 7.76. The summed E-state index contributed by atoms with van der Waals surface area (Å²) in [6.45, 7) is 6.86. The lowest BCUT2D eigenvalue weighted by molar-refractivity contribution is 0.178. The molecule has 21 heavy (non-hydrogen) atoms. The van der Waals surface area contributed by atoms with Crippen molar-refractivity contribution in [3.05, 3.63) is 29.6 Å². The van der Waals surface area contributed by atoms with E-state index in [2.05, 4.69) is 26.9 Å². The fraction of sp³-hybridized carbons (Fsp3) is 0.667. The molecule has 3 rings (SSSR count). The summed E-state index contributed by atoms with van der Waals surface area (Å²) in [5, 5.41) is 4.12. The van der Waals surface area contributed by atoms with Crippen LogP contribution in [0.1, 0.15) is 56.0 Å². The maximum absolute atomic E-state index is 5.70. The van der Waals surface area contributed by atoms with Crippen LogP contribution in [-0.4, -0.2) is 33.1 Å². The quantitative estimate of drug-likeness (QED) is 0.843. The normalized spacial score (nSPS) is 20.0. The zero-order valence-corrected chi connectivity index (χ0v) is 12.7. The molecule has 0 spiro atoms. The third-order valence-electron chi connectivity index (χ3n) is 3.97. The smallest absolute Gasteiger partial charge is 0.226 e. The molecule has 6 nitrogen and oxygen atoms in total. The van der Waals surface area contributed by atoms with Gasteiger partial charge < -0.3 is 8.94 Å². The second kappa shape index (κ2) is 6.39. The molecule has 2 aromatic rings. The summed E-state index contributed by atoms with van der Waals surface area (Å²) in [6, 6.07) is 0. The summed E-state index contributed by atoms with van der Waals surface area (Å²) in [6.07, 6.45) is 5.76. The molecule has 0 unspecified atom stereocenters. The van der Waals surface area contributed by atoms with E-state index in [4.69, 9.17) is 8.94 Å². The molecule has 114 valence electrons. The maximum atomic E-state index is 5.70. The van der Waals surface area contributed by atoms with Gasteiger partial charge in [0.15, 0.2) is 5.82 Å². The molecule has 1 saturated heterocycles. The largest absolute Gasteiger partial charge is 0.444 e. The van der Waals surface area contributed by atoms with Crippen LogP contribution in [0.25, 0.3) is 0 Å². The van der Waals surface area contributed by atoms with Crippen LogP contribution in [0.5, 0.6) is 0 Å². The van der Waals surface area contributed by atoms with Gasteiger partial charge in [-0.05, 0) is 19.4 Å². The number of aromatic nitrogens is 3. The minimum atomic E-state index is 0.350. The maximum Gasteiger partial charge on any atom is 0.226 e. The summed E-state index contributed by atoms with van der Waals surface area (Å²) >= 11 is 0. The monoisotopic (exact) mass is 290 g/mol. The Morgan fingerprint density at radius 3 is 2.90 bits per heavy atom. The molecule has 1 aliphatic rings. The van der Waals surface area contributed by atoms with Crippen molar-refractivity contribution in [1.82, 2.24) is 20.0 Å². The lowest BCUT2D eigenvalue weighted by atomic mass is 9.97. The first-order chi connectivity index (χ1) is 10.3. The molecule has 3 heterocycles. The van der Waals surface area contributed by atoms with Crippen molar-refractivity contribution in [2.24, 2.45) is 0 Å². The standard InChI is InChI=1S/C15H22N4O2/c1-3-12-8-16-14(20-12)10-19-7-5-6-11(9-19)15-17-13(4-2)21-18-15/h8,11H,3-7,9-10H2,1-2H3/t11-/m0/s1. The van der Waals surface area contributed by atoms with Crippen LogP contribution >= 0.6 is 0 Å². The highest BCUT2D eigenvalue weighted by molar-refractivity contribution is 5.00. The summed E-state index contributed by atoms with van der Waals surface area (Å²) < 4.78 is 10.9. The highest BCUT2D eigenvalue weighted by Crippen LogP contribution is 2.26. The van der Waals surface area contributed by atoms with Gasteiger partial charge in [0, 0.05) is 25.3 Å². The van der Waals surface area contributed by atoms with Gasteiger partial charge in [0.05, 0.1) is 12.7 Å². The average Bonchev–Trinajstić information content (AvgIpc) is 3.16. The summed E-state index contributed by atoms with van der Waals surface area (Å²) in [4.78, 5) is 11.2. The van der Waals surface area contributed by atoms with Gasteiger partial charge in [0.2, 0.25) is 11.8 Å². The SMILES string of the molecule is CCc1cnc(CN2CCC[C@H](c3noc(CC)n3)C2)o1. The topological polar surface area (TPSA) is 68.2 Å². The number of rotatable bonds is 5. The number of oxazole rings is 1. The van der Waals surface area contributed by atoms with Crippen molar-refractivity contribution in [2.75, 3.05) is 13.1 Å². The zero-order valence-electron chi connectivity index (χ0n) is 12.7. The van der Waals surface area contributed by atoms with Gasteiger partial charge >= 0.3 is 0 Å². The molecular weight excluding hydrogens is 268 g/mol. The molecule has 0 N–H and O–H groups in total. The number of hydrogen-bond donors (Lipinski definition) is 0. The molecule has 0 aromatic carbocycles. The fourth-order valence-electron chi connectivity index (χ4n) is 2.76. The van der Waals surface area contributed by atoms with Crippen molar-refractivity contribution in [3.8, 4) is 0 Å². The predicted molar refractivity (Wildman–Crippen MR) is 76.8 cm³/mol. The Bertz CT molecular complexity index is 578. The van der Waals surface area contributed by atoms with Crippen LogP contribution in [-0.2, 0) is 19.4 Å². The lowest BCUT2D eigenvalue weighted by Gasteiger charge is -2.30. The Hall–Kier alpha value is -1.69. The number of piperidine rings is 1. The van der Waals surface area contributed by atoms with Crippen LogP contribution in [0.4, 0.5) is 0 Å². The highest BCUT2D eigenvalue weighted by atomic mass is 16.5. The van der Waals surface area contributed by atoms with E-state index in [1.54, 1.807) is 0 Å². The Balaban J connectivity index is 1.62. The predicted octanol–water partition coefficient (Wildman–Crippen LogP) is 2.56. The molecule has 0 radical (unpaired) electrons. The highest BCUT2D eigenvalue weighted by Gasteiger charge is 2.26. The Morgan fingerprint density at radius 2 is 2.19 bits per heavy atom. The second-order valence-corrected chi connectivity index (χ2v) is 5.55. The van der Waals surface area contributed by atoms with Crippen LogP contribution in [0.2, 0.25) is 0 Å². The van der Waals surface area contributed by atoms with E-state index in [-0.39, 0.29) is 0 Å². The Morgan fingerprint density at radius 1 is 1.29 bits per heavy atom. The van der Waals surface area contributed by atoms with Crippen molar-refractivity contribution >= 4 is 0 Å². The van der Waals surface area contributed by atoms with Gasteiger partial charge in [-0.1, -0.05) is 19.0 Å². The van der Waals surface area contributed by atoms with Crippen molar-refractivity contribution in [3.63, 3.8) is 0 Å². The van der Waals surface area contributed by atoms with Gasteiger partial charge in [-0.25, -0.2) is 4.98 Å². The van der Waals surface area contributed by atoms with E-state index < -0.39 is 0 Å². The van der Waals surface area contributed by atoms with E-state index in [1.807, 2.05) is 13.1 Å². The zero-order chi connectivity index (χ0) is 14.7. The lowest BCUT2D eigenvalue weighted by Crippen LogP contribution is -2.34. The number of likely N-dealkylation sites (tertiary alicyclic amines) is 1. The minimum absolute atomic E-state index is 0.350. The number of nitrogens with zero attached hydrogens (tertiary/aromatic N) is 4. The third-order valence-corrected chi connectivity index (χ3v) is 3.97. The third kappa shape index (κ3) is 3.32. The van der Waals surface area contributed by atoms with Crippen LogP contribution in [0.3, 0.4) is 0 Å². The summed E-state index contributed by atoms with van der Waals surface area (Å²) in [5.74, 6) is 3.67. The molecule has 0 aliphatic carbocycles. The molecule has 0 bridgehead atoms. The molecular formula is C15H22N4O2. The Kier molecular flexibility index (Phi) is 4.34. The van der Waals surface area contributed by atoms with Gasteiger partial charge in [-0.15, -0.1) is 0 Å².